The van der Waals surface area contributed by atoms with E-state index in [9.17, 15) is 41.0 Å². The number of carbonyl (C=O) groups is 2. The molecular formula is C29H33F6N3O3S. The highest BCUT2D eigenvalue weighted by Gasteiger charge is 2.56. The Hall–Kier alpha value is -2.93. The third kappa shape index (κ3) is 6.22. The molecule has 2 heterocycles. The van der Waals surface area contributed by atoms with E-state index in [-0.39, 0.29) is 43.7 Å². The van der Waals surface area contributed by atoms with Crippen LogP contribution in [0, 0.1) is 12.3 Å². The second-order valence-corrected chi connectivity index (χ2v) is 11.5. The van der Waals surface area contributed by atoms with Crippen molar-refractivity contribution in [2.24, 2.45) is 5.41 Å². The molecule has 2 aromatic carbocycles. The maximum absolute atomic E-state index is 13.9. The number of aliphatic hydroxyl groups excluding tert-OH is 1. The number of halogens is 6. The molecule has 0 spiro atoms. The summed E-state index contributed by atoms with van der Waals surface area (Å²) in [6.07, 6.45) is -8.97. The molecule has 0 bridgehead atoms. The van der Waals surface area contributed by atoms with E-state index in [0.29, 0.717) is 30.7 Å². The maximum atomic E-state index is 13.9. The first-order chi connectivity index (χ1) is 19.6. The normalized spacial score (nSPS) is 22.9. The van der Waals surface area contributed by atoms with Gasteiger partial charge >= 0.3 is 18.4 Å². The predicted molar refractivity (Wildman–Crippen MR) is 147 cm³/mol. The molecular weight excluding hydrogens is 584 g/mol. The Balaban J connectivity index is 1.70. The van der Waals surface area contributed by atoms with Gasteiger partial charge in [-0.25, -0.2) is 4.79 Å². The second kappa shape index (κ2) is 12.0. The number of aryl methyl sites for hydroxylation is 1. The SMILES string of the molecule is Cc1ccccc1C1C2CC(CCO)(CCS)C(=O)N2CCN1C(=O)N(C)Cc1cc(C(F)(F)F)cc(C(F)(F)F)c1. The Morgan fingerprint density at radius 3 is 2.21 bits per heavy atom. The number of benzene rings is 2. The monoisotopic (exact) mass is 617 g/mol. The number of thiol groups is 1. The molecule has 42 heavy (non-hydrogen) atoms. The van der Waals surface area contributed by atoms with Gasteiger partial charge in [0.1, 0.15) is 0 Å². The number of hydrogen-bond donors (Lipinski definition) is 2. The van der Waals surface area contributed by atoms with Crippen molar-refractivity contribution in [3.8, 4) is 0 Å². The minimum atomic E-state index is -5.01. The van der Waals surface area contributed by atoms with Gasteiger partial charge in [0.2, 0.25) is 5.91 Å². The summed E-state index contributed by atoms with van der Waals surface area (Å²) in [6, 6.07) is 7.00. The highest BCUT2D eigenvalue weighted by Crippen LogP contribution is 2.49. The number of piperazine rings is 1. The smallest absolute Gasteiger partial charge is 0.396 e. The zero-order chi connectivity index (χ0) is 31.0. The zero-order valence-electron chi connectivity index (χ0n) is 23.2. The van der Waals surface area contributed by atoms with Crippen LogP contribution in [0.5, 0.6) is 0 Å². The summed E-state index contributed by atoms with van der Waals surface area (Å²) in [7, 11) is 1.33. The number of nitrogens with zero attached hydrogens (tertiary/aromatic N) is 3. The largest absolute Gasteiger partial charge is 0.416 e. The van der Waals surface area contributed by atoms with Crippen LogP contribution in [-0.2, 0) is 23.7 Å². The van der Waals surface area contributed by atoms with Gasteiger partial charge in [-0.05, 0) is 66.8 Å². The van der Waals surface area contributed by atoms with Crippen molar-refractivity contribution in [3.63, 3.8) is 0 Å². The molecule has 2 aromatic rings. The molecule has 0 aromatic heterocycles. The van der Waals surface area contributed by atoms with Crippen LogP contribution < -0.4 is 0 Å². The summed E-state index contributed by atoms with van der Waals surface area (Å²) in [5, 5.41) is 9.78. The Labute approximate surface area is 245 Å². The number of urea groups is 1. The van der Waals surface area contributed by atoms with Crippen molar-refractivity contribution in [2.75, 3.05) is 32.5 Å². The van der Waals surface area contributed by atoms with E-state index in [0.717, 1.165) is 16.0 Å². The van der Waals surface area contributed by atoms with Crippen LogP contribution in [-0.4, -0.2) is 70.3 Å². The van der Waals surface area contributed by atoms with Crippen LogP contribution in [0.25, 0.3) is 0 Å². The van der Waals surface area contributed by atoms with Crippen molar-refractivity contribution in [1.29, 1.82) is 0 Å². The van der Waals surface area contributed by atoms with Crippen LogP contribution in [0.3, 0.4) is 0 Å². The highest BCUT2D eigenvalue weighted by molar-refractivity contribution is 7.80. The summed E-state index contributed by atoms with van der Waals surface area (Å²) in [5.41, 5.74) is -2.42. The third-order valence-corrected chi connectivity index (χ3v) is 8.55. The lowest BCUT2D eigenvalue weighted by Crippen LogP contribution is -2.57. The van der Waals surface area contributed by atoms with Gasteiger partial charge in [-0.3, -0.25) is 4.79 Å². The van der Waals surface area contributed by atoms with Gasteiger partial charge in [-0.2, -0.15) is 39.0 Å². The van der Waals surface area contributed by atoms with Crippen LogP contribution in [0.15, 0.2) is 42.5 Å². The van der Waals surface area contributed by atoms with Crippen molar-refractivity contribution in [3.05, 3.63) is 70.3 Å². The maximum Gasteiger partial charge on any atom is 0.416 e. The van der Waals surface area contributed by atoms with Crippen molar-refractivity contribution in [2.45, 2.75) is 57.2 Å². The minimum Gasteiger partial charge on any atom is -0.396 e. The molecule has 2 fully saturated rings. The Bertz CT molecular complexity index is 1280. The average molecular weight is 618 g/mol. The lowest BCUT2D eigenvalue weighted by atomic mass is 9.77. The summed E-state index contributed by atoms with van der Waals surface area (Å²) in [5.74, 6) is 0.308. The molecule has 13 heteroatoms. The average Bonchev–Trinajstić information content (AvgIpc) is 3.18. The number of hydrogen-bond acceptors (Lipinski definition) is 4. The molecule has 4 rings (SSSR count). The first-order valence-corrected chi connectivity index (χ1v) is 14.1. The fourth-order valence-electron chi connectivity index (χ4n) is 6.32. The van der Waals surface area contributed by atoms with Crippen molar-refractivity contribution in [1.82, 2.24) is 14.7 Å². The van der Waals surface area contributed by atoms with Gasteiger partial charge in [0.05, 0.1) is 28.6 Å². The van der Waals surface area contributed by atoms with Crippen molar-refractivity contribution >= 4 is 24.6 Å². The standard InChI is InChI=1S/C29H33F6N3O3S/c1-18-5-3-4-6-22(18)24-23-16-27(7-11-39,8-12-42)25(40)37(23)9-10-38(24)26(41)36(2)17-19-13-20(28(30,31)32)15-21(14-19)29(33,34)35/h3-6,13-15,23-24,39,42H,7-12,16-17H2,1-2H3. The molecule has 6 nitrogen and oxygen atoms in total. The molecule has 3 atom stereocenters. The Morgan fingerprint density at radius 2 is 1.67 bits per heavy atom. The van der Waals surface area contributed by atoms with E-state index in [1.54, 1.807) is 15.9 Å². The fourth-order valence-corrected chi connectivity index (χ4v) is 6.74. The fraction of sp³-hybridized carbons (Fsp3) is 0.517. The first kappa shape index (κ1) is 32.0. The number of rotatable bonds is 7. The van der Waals surface area contributed by atoms with Crippen LogP contribution in [0.4, 0.5) is 31.1 Å². The number of amides is 3. The summed E-state index contributed by atoms with van der Waals surface area (Å²) >= 11 is 4.34. The number of fused-ring (bicyclic) bond motifs is 1. The Kier molecular flexibility index (Phi) is 9.13. The van der Waals surface area contributed by atoms with E-state index < -0.39 is 53.6 Å². The summed E-state index contributed by atoms with van der Waals surface area (Å²) in [4.78, 5) is 31.9. The van der Waals surface area contributed by atoms with Crippen molar-refractivity contribution < 1.29 is 41.0 Å². The Morgan fingerprint density at radius 1 is 1.05 bits per heavy atom. The van der Waals surface area contributed by atoms with Gasteiger partial charge in [0, 0.05) is 33.3 Å². The lowest BCUT2D eigenvalue weighted by molar-refractivity contribution is -0.143. The van der Waals surface area contributed by atoms with E-state index >= 15 is 0 Å². The van der Waals surface area contributed by atoms with E-state index in [1.807, 2.05) is 25.1 Å². The van der Waals surface area contributed by atoms with Gasteiger partial charge in [0.25, 0.3) is 0 Å². The van der Waals surface area contributed by atoms with Gasteiger partial charge in [0.15, 0.2) is 0 Å². The minimum absolute atomic E-state index is 0.0549. The molecule has 0 saturated carbocycles. The van der Waals surface area contributed by atoms with E-state index in [1.165, 1.54) is 7.05 Å². The zero-order valence-corrected chi connectivity index (χ0v) is 24.1. The highest BCUT2D eigenvalue weighted by atomic mass is 32.1. The van der Waals surface area contributed by atoms with E-state index in [4.69, 9.17) is 0 Å². The molecule has 230 valence electrons. The molecule has 2 aliphatic heterocycles. The molecule has 3 unspecified atom stereocenters. The number of aliphatic hydroxyl groups is 1. The molecule has 0 radical (unpaired) electrons. The summed E-state index contributed by atoms with van der Waals surface area (Å²) < 4.78 is 80.5. The van der Waals surface area contributed by atoms with Gasteiger partial charge in [-0.15, -0.1) is 0 Å². The van der Waals surface area contributed by atoms with Crippen LogP contribution in [0.1, 0.15) is 53.1 Å². The molecule has 2 saturated heterocycles. The van der Waals surface area contributed by atoms with Gasteiger partial charge in [-0.1, -0.05) is 24.3 Å². The first-order valence-electron chi connectivity index (χ1n) is 13.5. The topological polar surface area (TPSA) is 64.1 Å². The molecule has 1 N–H and O–H groups in total. The third-order valence-electron chi connectivity index (χ3n) is 8.32. The predicted octanol–water partition coefficient (Wildman–Crippen LogP) is 5.93. The van der Waals surface area contributed by atoms with E-state index in [2.05, 4.69) is 12.6 Å². The van der Waals surface area contributed by atoms with Gasteiger partial charge < -0.3 is 19.8 Å². The molecule has 2 aliphatic rings. The lowest BCUT2D eigenvalue weighted by Gasteiger charge is -2.46. The van der Waals surface area contributed by atoms with Crippen LogP contribution >= 0.6 is 12.6 Å². The molecule has 3 amide bonds. The quantitative estimate of drug-likeness (QED) is 0.299. The second-order valence-electron chi connectivity index (χ2n) is 11.0. The number of alkyl halides is 6. The number of carbonyl (C=O) groups excluding carboxylic acids is 2. The summed E-state index contributed by atoms with van der Waals surface area (Å²) in [6.45, 7) is 1.49. The van der Waals surface area contributed by atoms with Crippen LogP contribution in [0.2, 0.25) is 0 Å². The molecule has 0 aliphatic carbocycles.